The zero-order chi connectivity index (χ0) is 18.9. The fraction of sp³-hybridized carbons (Fsp3) is 0.300. The molecule has 0 heterocycles. The van der Waals surface area contributed by atoms with E-state index in [1.54, 1.807) is 56.3 Å². The zero-order valence-electron chi connectivity index (χ0n) is 15.0. The van der Waals surface area contributed by atoms with Gasteiger partial charge in [-0.05, 0) is 44.5 Å². The lowest BCUT2D eigenvalue weighted by atomic mass is 10.1. The van der Waals surface area contributed by atoms with Crippen molar-refractivity contribution in [2.24, 2.45) is 0 Å². The van der Waals surface area contributed by atoms with E-state index in [4.69, 9.17) is 9.47 Å². The van der Waals surface area contributed by atoms with Gasteiger partial charge in [0.25, 0.3) is 5.91 Å². The van der Waals surface area contributed by atoms with Crippen LogP contribution < -0.4 is 10.1 Å². The summed E-state index contributed by atoms with van der Waals surface area (Å²) >= 11 is 0. The number of amides is 1. The lowest BCUT2D eigenvalue weighted by Crippen LogP contribution is -2.15. The maximum atomic E-state index is 12.6. The molecule has 26 heavy (non-hydrogen) atoms. The smallest absolute Gasteiger partial charge is 0.305 e. The number of phenols is 1. The normalized spacial score (nSPS) is 10.2. The molecule has 6 nitrogen and oxygen atoms in total. The Morgan fingerprint density at radius 1 is 1.12 bits per heavy atom. The van der Waals surface area contributed by atoms with Crippen LogP contribution in [-0.4, -0.2) is 30.2 Å². The summed E-state index contributed by atoms with van der Waals surface area (Å²) in [5.74, 6) is -0.0425. The first kappa shape index (κ1) is 19.3. The minimum absolute atomic E-state index is 0.117. The van der Waals surface area contributed by atoms with Crippen LogP contribution in [0.15, 0.2) is 42.5 Å². The van der Waals surface area contributed by atoms with Crippen LogP contribution >= 0.6 is 0 Å². The second-order valence-electron chi connectivity index (χ2n) is 5.66. The summed E-state index contributed by atoms with van der Waals surface area (Å²) in [6.07, 6.45) is 0.769. The topological polar surface area (TPSA) is 84.9 Å². The molecule has 2 rings (SSSR count). The van der Waals surface area contributed by atoms with E-state index < -0.39 is 0 Å². The summed E-state index contributed by atoms with van der Waals surface area (Å²) in [6, 6.07) is 11.8. The molecule has 0 aliphatic carbocycles. The Bertz CT molecular complexity index is 773. The lowest BCUT2D eigenvalue weighted by molar-refractivity contribution is -0.143. The Morgan fingerprint density at radius 3 is 2.65 bits per heavy atom. The van der Waals surface area contributed by atoms with Crippen molar-refractivity contribution < 1.29 is 24.2 Å². The number of benzene rings is 2. The third-order valence-corrected chi connectivity index (χ3v) is 3.77. The van der Waals surface area contributed by atoms with E-state index in [2.05, 4.69) is 5.32 Å². The molecule has 0 fully saturated rings. The van der Waals surface area contributed by atoms with Gasteiger partial charge in [-0.15, -0.1) is 0 Å². The van der Waals surface area contributed by atoms with Crippen molar-refractivity contribution in [3.05, 3.63) is 53.6 Å². The van der Waals surface area contributed by atoms with E-state index >= 15 is 0 Å². The van der Waals surface area contributed by atoms with E-state index in [-0.39, 0.29) is 24.0 Å². The minimum Gasteiger partial charge on any atom is -0.508 e. The van der Waals surface area contributed by atoms with Gasteiger partial charge in [0.2, 0.25) is 0 Å². The van der Waals surface area contributed by atoms with Crippen molar-refractivity contribution in [1.29, 1.82) is 0 Å². The Morgan fingerprint density at radius 2 is 1.88 bits per heavy atom. The van der Waals surface area contributed by atoms with Crippen LogP contribution in [0.1, 0.15) is 35.7 Å². The highest BCUT2D eigenvalue weighted by Crippen LogP contribution is 2.26. The first-order valence-corrected chi connectivity index (χ1v) is 8.50. The van der Waals surface area contributed by atoms with Crippen molar-refractivity contribution in [3.63, 3.8) is 0 Å². The zero-order valence-corrected chi connectivity index (χ0v) is 15.0. The molecule has 2 N–H and O–H groups in total. The summed E-state index contributed by atoms with van der Waals surface area (Å²) in [6.45, 7) is 4.14. The van der Waals surface area contributed by atoms with Crippen LogP contribution in [-0.2, 0) is 9.53 Å². The molecule has 0 saturated carbocycles. The van der Waals surface area contributed by atoms with Gasteiger partial charge >= 0.3 is 5.97 Å². The molecule has 0 aliphatic rings. The van der Waals surface area contributed by atoms with Crippen molar-refractivity contribution in [2.45, 2.75) is 26.7 Å². The Hall–Kier alpha value is -3.02. The number of aromatic hydroxyl groups is 1. The predicted octanol–water partition coefficient (Wildman–Crippen LogP) is 3.68. The van der Waals surface area contributed by atoms with Crippen molar-refractivity contribution in [3.8, 4) is 11.5 Å². The average molecular weight is 357 g/mol. The maximum Gasteiger partial charge on any atom is 0.305 e. The number of rotatable bonds is 8. The summed E-state index contributed by atoms with van der Waals surface area (Å²) < 4.78 is 10.5. The van der Waals surface area contributed by atoms with E-state index in [1.807, 2.05) is 0 Å². The first-order chi connectivity index (χ1) is 12.5. The van der Waals surface area contributed by atoms with Gasteiger partial charge in [-0.3, -0.25) is 9.59 Å². The second-order valence-corrected chi connectivity index (χ2v) is 5.66. The highest BCUT2D eigenvalue weighted by atomic mass is 16.5. The second kappa shape index (κ2) is 9.46. The Kier molecular flexibility index (Phi) is 7.02. The van der Waals surface area contributed by atoms with Crippen LogP contribution in [0.25, 0.3) is 0 Å². The Balaban J connectivity index is 2.00. The number of carbonyl (C=O) groups excluding carboxylic acids is 2. The third-order valence-electron chi connectivity index (χ3n) is 3.77. The maximum absolute atomic E-state index is 12.6. The van der Waals surface area contributed by atoms with Crippen LogP contribution in [0.5, 0.6) is 11.5 Å². The number of ether oxygens (including phenoxy) is 2. The molecule has 0 aromatic heterocycles. The molecule has 2 aromatic rings. The van der Waals surface area contributed by atoms with E-state index in [1.165, 1.54) is 0 Å². The van der Waals surface area contributed by atoms with Crippen molar-refractivity contribution >= 4 is 17.6 Å². The summed E-state index contributed by atoms with van der Waals surface area (Å²) in [7, 11) is 0. The standard InChI is InChI=1S/C20H23NO5/c1-3-25-19(23)12-7-13-26-18-11-5-4-8-15(18)20(24)21-16-9-6-10-17(22)14(16)2/h4-6,8-11,22H,3,7,12-13H2,1-2H3,(H,21,24). The lowest BCUT2D eigenvalue weighted by Gasteiger charge is -2.13. The average Bonchev–Trinajstić information content (AvgIpc) is 2.63. The van der Waals surface area contributed by atoms with Crippen LogP contribution in [0.3, 0.4) is 0 Å². The number of nitrogens with one attached hydrogen (secondary N) is 1. The first-order valence-electron chi connectivity index (χ1n) is 8.50. The molecule has 1 amide bonds. The Labute approximate surface area is 152 Å². The van der Waals surface area contributed by atoms with Crippen LogP contribution in [0.2, 0.25) is 0 Å². The van der Waals surface area contributed by atoms with Crippen LogP contribution in [0.4, 0.5) is 5.69 Å². The molecule has 0 aliphatic heterocycles. The molecule has 0 saturated heterocycles. The fourth-order valence-electron chi connectivity index (χ4n) is 2.36. The number of phenolic OH excluding ortho intramolecular Hbond substituents is 1. The van der Waals surface area contributed by atoms with Gasteiger partial charge in [-0.2, -0.15) is 0 Å². The molecular formula is C20H23NO5. The van der Waals surface area contributed by atoms with Crippen LogP contribution in [0, 0.1) is 6.92 Å². The van der Waals surface area contributed by atoms with Gasteiger partial charge in [0.1, 0.15) is 11.5 Å². The fourth-order valence-corrected chi connectivity index (χ4v) is 2.36. The monoisotopic (exact) mass is 357 g/mol. The molecule has 0 unspecified atom stereocenters. The van der Waals surface area contributed by atoms with E-state index in [9.17, 15) is 14.7 Å². The number of anilines is 1. The van der Waals surface area contributed by atoms with Crippen molar-refractivity contribution in [2.75, 3.05) is 18.5 Å². The minimum atomic E-state index is -0.334. The molecule has 2 aromatic carbocycles. The summed E-state index contributed by atoms with van der Waals surface area (Å²) in [5.41, 5.74) is 1.51. The quantitative estimate of drug-likeness (QED) is 0.556. The molecule has 0 spiro atoms. The number of para-hydroxylation sites is 1. The predicted molar refractivity (Wildman–Crippen MR) is 98.6 cm³/mol. The molecule has 0 atom stereocenters. The van der Waals surface area contributed by atoms with Crippen molar-refractivity contribution in [1.82, 2.24) is 0 Å². The van der Waals surface area contributed by atoms with E-state index in [0.717, 1.165) is 0 Å². The molecule has 0 radical (unpaired) electrons. The SMILES string of the molecule is CCOC(=O)CCCOc1ccccc1C(=O)Nc1cccc(O)c1C. The summed E-state index contributed by atoms with van der Waals surface area (Å²) in [4.78, 5) is 23.9. The van der Waals surface area contributed by atoms with Gasteiger partial charge in [0.15, 0.2) is 0 Å². The largest absolute Gasteiger partial charge is 0.508 e. The number of carbonyl (C=O) groups is 2. The van der Waals surface area contributed by atoms with Gasteiger partial charge in [0.05, 0.1) is 18.8 Å². The number of hydrogen-bond acceptors (Lipinski definition) is 5. The van der Waals surface area contributed by atoms with Gasteiger partial charge in [-0.25, -0.2) is 0 Å². The molecule has 0 bridgehead atoms. The number of esters is 1. The highest BCUT2D eigenvalue weighted by molar-refractivity contribution is 6.06. The summed E-state index contributed by atoms with van der Waals surface area (Å²) in [5, 5.41) is 12.5. The third kappa shape index (κ3) is 5.24. The van der Waals surface area contributed by atoms with E-state index in [0.29, 0.717) is 42.2 Å². The number of hydrogen-bond donors (Lipinski definition) is 2. The van der Waals surface area contributed by atoms with Gasteiger partial charge in [0, 0.05) is 17.7 Å². The van der Waals surface area contributed by atoms with Gasteiger partial charge < -0.3 is 19.9 Å². The van der Waals surface area contributed by atoms with Gasteiger partial charge in [-0.1, -0.05) is 18.2 Å². The molecule has 6 heteroatoms. The molecule has 138 valence electrons. The molecular weight excluding hydrogens is 334 g/mol. The highest BCUT2D eigenvalue weighted by Gasteiger charge is 2.14.